The molecule has 0 atom stereocenters. The first-order valence-electron chi connectivity index (χ1n) is 4.56. The Morgan fingerprint density at radius 2 is 1.87 bits per heavy atom. The number of rotatable bonds is 2. The number of aromatic nitrogens is 2. The minimum atomic E-state index is 0.782. The average molecular weight is 264 g/mol. The number of anilines is 1. The van der Waals surface area contributed by atoms with Gasteiger partial charge in [0, 0.05) is 29.5 Å². The molecule has 0 unspecified atom stereocenters. The van der Waals surface area contributed by atoms with Crippen molar-refractivity contribution in [3.05, 3.63) is 41.1 Å². The first-order valence-corrected chi connectivity index (χ1v) is 5.36. The van der Waals surface area contributed by atoms with Gasteiger partial charge in [-0.3, -0.25) is 4.98 Å². The summed E-state index contributed by atoms with van der Waals surface area (Å²) in [5, 5.41) is 3.03. The number of benzene rings is 1. The second-order valence-corrected chi connectivity index (χ2v) is 3.84. The first-order chi connectivity index (χ1) is 7.33. The molecule has 4 heteroatoms. The van der Waals surface area contributed by atoms with E-state index in [4.69, 9.17) is 0 Å². The van der Waals surface area contributed by atoms with Crippen LogP contribution in [-0.2, 0) is 0 Å². The van der Waals surface area contributed by atoms with Gasteiger partial charge in [0.15, 0.2) is 5.82 Å². The number of halogens is 1. The van der Waals surface area contributed by atoms with Crippen LogP contribution in [0.4, 0.5) is 5.82 Å². The van der Waals surface area contributed by atoms with Crippen LogP contribution in [0, 0.1) is 0 Å². The summed E-state index contributed by atoms with van der Waals surface area (Å²) in [5.41, 5.74) is 1.89. The smallest absolute Gasteiger partial charge is 0.152 e. The maximum Gasteiger partial charge on any atom is 0.152 e. The summed E-state index contributed by atoms with van der Waals surface area (Å²) in [4.78, 5) is 8.55. The normalized spacial score (nSPS) is 10.0. The largest absolute Gasteiger partial charge is 0.371 e. The molecule has 1 N–H and O–H groups in total. The topological polar surface area (TPSA) is 37.8 Å². The Balaban J connectivity index is 2.59. The molecule has 0 fully saturated rings. The summed E-state index contributed by atoms with van der Waals surface area (Å²) < 4.78 is 1.02. The van der Waals surface area contributed by atoms with Gasteiger partial charge in [-0.05, 0) is 6.07 Å². The van der Waals surface area contributed by atoms with E-state index in [0.29, 0.717) is 0 Å². The van der Waals surface area contributed by atoms with E-state index in [9.17, 15) is 0 Å². The van der Waals surface area contributed by atoms with Crippen molar-refractivity contribution in [2.75, 3.05) is 12.4 Å². The lowest BCUT2D eigenvalue weighted by molar-refractivity contribution is 1.19. The van der Waals surface area contributed by atoms with Crippen LogP contribution in [0.15, 0.2) is 41.1 Å². The Bertz CT molecular complexity index is 471. The molecule has 0 bridgehead atoms. The summed E-state index contributed by atoms with van der Waals surface area (Å²) in [6, 6.07) is 7.95. The predicted molar refractivity (Wildman–Crippen MR) is 64.7 cm³/mol. The minimum Gasteiger partial charge on any atom is -0.371 e. The SMILES string of the molecule is CNc1nccnc1-c1ccccc1Br. The highest BCUT2D eigenvalue weighted by atomic mass is 79.9. The zero-order valence-corrected chi connectivity index (χ0v) is 9.82. The van der Waals surface area contributed by atoms with Crippen molar-refractivity contribution in [1.29, 1.82) is 0 Å². The van der Waals surface area contributed by atoms with Gasteiger partial charge in [0.2, 0.25) is 0 Å². The van der Waals surface area contributed by atoms with E-state index in [-0.39, 0.29) is 0 Å². The van der Waals surface area contributed by atoms with Crippen LogP contribution >= 0.6 is 15.9 Å². The summed E-state index contributed by atoms with van der Waals surface area (Å²) in [5.74, 6) is 0.782. The van der Waals surface area contributed by atoms with E-state index < -0.39 is 0 Å². The van der Waals surface area contributed by atoms with Crippen LogP contribution in [0.3, 0.4) is 0 Å². The van der Waals surface area contributed by atoms with Crippen LogP contribution in [0.1, 0.15) is 0 Å². The third-order valence-electron chi connectivity index (χ3n) is 2.06. The molecule has 0 aliphatic carbocycles. The number of hydrogen-bond acceptors (Lipinski definition) is 3. The average Bonchev–Trinajstić information content (AvgIpc) is 2.30. The van der Waals surface area contributed by atoms with Crippen molar-refractivity contribution < 1.29 is 0 Å². The van der Waals surface area contributed by atoms with Crippen molar-refractivity contribution in [1.82, 2.24) is 9.97 Å². The molecular weight excluding hydrogens is 254 g/mol. The van der Waals surface area contributed by atoms with Gasteiger partial charge < -0.3 is 5.32 Å². The fourth-order valence-electron chi connectivity index (χ4n) is 1.37. The summed E-state index contributed by atoms with van der Waals surface area (Å²) in [6.07, 6.45) is 3.36. The maximum atomic E-state index is 4.33. The Kier molecular flexibility index (Phi) is 2.97. The highest BCUT2D eigenvalue weighted by Crippen LogP contribution is 2.29. The van der Waals surface area contributed by atoms with E-state index in [0.717, 1.165) is 21.5 Å². The third-order valence-corrected chi connectivity index (χ3v) is 2.76. The van der Waals surface area contributed by atoms with Crippen LogP contribution < -0.4 is 5.32 Å². The Morgan fingerprint density at radius 1 is 1.13 bits per heavy atom. The van der Waals surface area contributed by atoms with E-state index in [1.165, 1.54) is 0 Å². The molecule has 2 aromatic rings. The highest BCUT2D eigenvalue weighted by molar-refractivity contribution is 9.10. The summed E-state index contributed by atoms with van der Waals surface area (Å²) >= 11 is 3.50. The van der Waals surface area contributed by atoms with Crippen LogP contribution in [0.2, 0.25) is 0 Å². The molecular formula is C11H10BrN3. The van der Waals surface area contributed by atoms with Gasteiger partial charge in [0.25, 0.3) is 0 Å². The summed E-state index contributed by atoms with van der Waals surface area (Å²) in [7, 11) is 1.84. The van der Waals surface area contributed by atoms with Gasteiger partial charge in [-0.15, -0.1) is 0 Å². The molecule has 15 heavy (non-hydrogen) atoms. The van der Waals surface area contributed by atoms with E-state index >= 15 is 0 Å². The molecule has 0 amide bonds. The second-order valence-electron chi connectivity index (χ2n) is 2.98. The van der Waals surface area contributed by atoms with Gasteiger partial charge >= 0.3 is 0 Å². The first kappa shape index (κ1) is 10.1. The molecule has 0 spiro atoms. The molecule has 0 aliphatic rings. The standard InChI is InChI=1S/C11H10BrN3/c1-13-11-10(14-6-7-15-11)8-4-2-3-5-9(8)12/h2-7H,1H3,(H,13,15). The molecule has 0 saturated heterocycles. The zero-order chi connectivity index (χ0) is 10.7. The van der Waals surface area contributed by atoms with Crippen LogP contribution in [0.5, 0.6) is 0 Å². The summed E-state index contributed by atoms with van der Waals surface area (Å²) in [6.45, 7) is 0. The lowest BCUT2D eigenvalue weighted by atomic mass is 10.1. The molecule has 0 aliphatic heterocycles. The Morgan fingerprint density at radius 3 is 2.60 bits per heavy atom. The predicted octanol–water partition coefficient (Wildman–Crippen LogP) is 2.95. The van der Waals surface area contributed by atoms with Crippen molar-refractivity contribution >= 4 is 21.7 Å². The van der Waals surface area contributed by atoms with Crippen molar-refractivity contribution in [2.24, 2.45) is 0 Å². The van der Waals surface area contributed by atoms with Crippen molar-refractivity contribution in [2.45, 2.75) is 0 Å². The maximum absolute atomic E-state index is 4.33. The van der Waals surface area contributed by atoms with Gasteiger partial charge in [0.1, 0.15) is 5.69 Å². The van der Waals surface area contributed by atoms with E-state index in [1.807, 2.05) is 31.3 Å². The highest BCUT2D eigenvalue weighted by Gasteiger charge is 2.08. The molecule has 3 nitrogen and oxygen atoms in total. The van der Waals surface area contributed by atoms with Crippen molar-refractivity contribution in [3.8, 4) is 11.3 Å². The monoisotopic (exact) mass is 263 g/mol. The Hall–Kier alpha value is -1.42. The Labute approximate surface area is 96.7 Å². The van der Waals surface area contributed by atoms with Gasteiger partial charge in [-0.25, -0.2) is 4.98 Å². The lowest BCUT2D eigenvalue weighted by Gasteiger charge is -2.07. The van der Waals surface area contributed by atoms with E-state index in [2.05, 4.69) is 31.2 Å². The van der Waals surface area contributed by atoms with Crippen LogP contribution in [-0.4, -0.2) is 17.0 Å². The minimum absolute atomic E-state index is 0.782. The number of hydrogen-bond donors (Lipinski definition) is 1. The number of nitrogens with one attached hydrogen (secondary N) is 1. The van der Waals surface area contributed by atoms with Gasteiger partial charge in [-0.1, -0.05) is 34.1 Å². The third kappa shape index (κ3) is 1.99. The molecule has 0 radical (unpaired) electrons. The van der Waals surface area contributed by atoms with Gasteiger partial charge in [-0.2, -0.15) is 0 Å². The molecule has 1 aromatic heterocycles. The molecule has 0 saturated carbocycles. The quantitative estimate of drug-likeness (QED) is 0.906. The van der Waals surface area contributed by atoms with E-state index in [1.54, 1.807) is 12.4 Å². The van der Waals surface area contributed by atoms with Gasteiger partial charge in [0.05, 0.1) is 0 Å². The number of nitrogens with zero attached hydrogens (tertiary/aromatic N) is 2. The second kappa shape index (κ2) is 4.40. The molecule has 1 aromatic carbocycles. The van der Waals surface area contributed by atoms with Crippen LogP contribution in [0.25, 0.3) is 11.3 Å². The fourth-order valence-corrected chi connectivity index (χ4v) is 1.84. The van der Waals surface area contributed by atoms with Crippen molar-refractivity contribution in [3.63, 3.8) is 0 Å². The fraction of sp³-hybridized carbons (Fsp3) is 0.0909. The lowest BCUT2D eigenvalue weighted by Crippen LogP contribution is -1.97. The zero-order valence-electron chi connectivity index (χ0n) is 8.24. The molecule has 1 heterocycles. The molecule has 2 rings (SSSR count). The molecule has 76 valence electrons.